The number of hydroxylamine groups is 2. The van der Waals surface area contributed by atoms with Gasteiger partial charge < -0.3 is 4.90 Å². The van der Waals surface area contributed by atoms with Gasteiger partial charge in [-0.3, -0.25) is 9.63 Å². The molecule has 0 atom stereocenters. The Hall–Kier alpha value is -0.610. The normalized spacial score (nSPS) is 25.2. The van der Waals surface area contributed by atoms with Crippen LogP contribution < -0.4 is 0 Å². The minimum atomic E-state index is 0.297. The second-order valence-corrected chi connectivity index (χ2v) is 4.71. The topological polar surface area (TPSA) is 32.8 Å². The highest BCUT2D eigenvalue weighted by Crippen LogP contribution is 2.13. The number of rotatable bonds is 2. The number of carbonyl (C=O) groups excluding carboxylic acids is 1. The molecule has 0 aromatic carbocycles. The summed E-state index contributed by atoms with van der Waals surface area (Å²) in [6.45, 7) is 3.34. The molecule has 2 aliphatic heterocycles. The Bertz CT molecular complexity index is 225. The number of carbonyl (C=O) groups is 1. The zero-order valence-corrected chi connectivity index (χ0v) is 9.99. The average molecular weight is 226 g/mol. The summed E-state index contributed by atoms with van der Waals surface area (Å²) in [4.78, 5) is 19.4. The van der Waals surface area contributed by atoms with Gasteiger partial charge in [-0.2, -0.15) is 5.06 Å². The van der Waals surface area contributed by atoms with Crippen molar-refractivity contribution >= 4 is 5.91 Å². The molecule has 0 saturated carbocycles. The Morgan fingerprint density at radius 1 is 1.00 bits per heavy atom. The third kappa shape index (κ3) is 3.46. The Kier molecular flexibility index (Phi) is 4.60. The summed E-state index contributed by atoms with van der Waals surface area (Å²) in [6, 6.07) is 0. The van der Waals surface area contributed by atoms with Crippen molar-refractivity contribution in [1.82, 2.24) is 9.96 Å². The molecule has 0 aliphatic carbocycles. The second-order valence-electron chi connectivity index (χ2n) is 4.71. The minimum absolute atomic E-state index is 0.297. The van der Waals surface area contributed by atoms with Gasteiger partial charge in [0, 0.05) is 19.5 Å². The molecular formula is C12H22N2O2. The lowest BCUT2D eigenvalue weighted by Crippen LogP contribution is -2.41. The molecule has 92 valence electrons. The van der Waals surface area contributed by atoms with Crippen LogP contribution in [0.2, 0.25) is 0 Å². The van der Waals surface area contributed by atoms with E-state index < -0.39 is 0 Å². The third-order valence-corrected chi connectivity index (χ3v) is 3.33. The van der Waals surface area contributed by atoms with Crippen molar-refractivity contribution < 1.29 is 9.63 Å². The summed E-state index contributed by atoms with van der Waals surface area (Å²) >= 11 is 0. The molecule has 0 bridgehead atoms. The van der Waals surface area contributed by atoms with E-state index in [2.05, 4.69) is 0 Å². The van der Waals surface area contributed by atoms with Gasteiger partial charge in [0.1, 0.15) is 0 Å². The molecule has 16 heavy (non-hydrogen) atoms. The van der Waals surface area contributed by atoms with Crippen LogP contribution in [0.3, 0.4) is 0 Å². The fraction of sp³-hybridized carbons (Fsp3) is 0.917. The standard InChI is InChI=1S/C12H22N2O2/c15-12-7-3-1-4-8-13(12)11-14-9-5-2-6-10-16-14/h1-11H2. The molecule has 0 N–H and O–H groups in total. The molecule has 2 saturated heterocycles. The van der Waals surface area contributed by atoms with E-state index in [1.807, 2.05) is 9.96 Å². The van der Waals surface area contributed by atoms with Crippen molar-refractivity contribution in [3.05, 3.63) is 0 Å². The summed E-state index contributed by atoms with van der Waals surface area (Å²) in [7, 11) is 0. The van der Waals surface area contributed by atoms with E-state index in [0.29, 0.717) is 19.0 Å². The van der Waals surface area contributed by atoms with Crippen LogP contribution in [-0.4, -0.2) is 42.2 Å². The summed E-state index contributed by atoms with van der Waals surface area (Å²) in [5.41, 5.74) is 0. The van der Waals surface area contributed by atoms with Crippen molar-refractivity contribution in [2.24, 2.45) is 0 Å². The first-order valence-corrected chi connectivity index (χ1v) is 6.52. The molecule has 4 heteroatoms. The first-order valence-electron chi connectivity index (χ1n) is 6.52. The molecule has 0 aromatic heterocycles. The van der Waals surface area contributed by atoms with Gasteiger partial charge >= 0.3 is 0 Å². The fourth-order valence-electron chi connectivity index (χ4n) is 2.32. The maximum atomic E-state index is 11.8. The Morgan fingerprint density at radius 2 is 1.81 bits per heavy atom. The average Bonchev–Trinajstić information content (AvgIpc) is 2.64. The SMILES string of the molecule is O=C1CCCCCN1CN1CCCCCO1. The Labute approximate surface area is 97.5 Å². The first kappa shape index (κ1) is 11.9. The highest BCUT2D eigenvalue weighted by molar-refractivity contribution is 5.76. The van der Waals surface area contributed by atoms with Gasteiger partial charge in [0.05, 0.1) is 13.3 Å². The largest absolute Gasteiger partial charge is 0.328 e. The molecule has 2 heterocycles. The van der Waals surface area contributed by atoms with Crippen LogP contribution in [0.25, 0.3) is 0 Å². The molecule has 0 aromatic rings. The van der Waals surface area contributed by atoms with Crippen LogP contribution in [-0.2, 0) is 9.63 Å². The summed E-state index contributed by atoms with van der Waals surface area (Å²) in [5.74, 6) is 0.297. The lowest BCUT2D eigenvalue weighted by molar-refractivity contribution is -0.181. The predicted octanol–water partition coefficient (Wildman–Crippen LogP) is 1.76. The van der Waals surface area contributed by atoms with Crippen LogP contribution in [0.5, 0.6) is 0 Å². The van der Waals surface area contributed by atoms with Crippen LogP contribution in [0.1, 0.15) is 44.9 Å². The molecule has 2 fully saturated rings. The van der Waals surface area contributed by atoms with Gasteiger partial charge in [0.25, 0.3) is 0 Å². The smallest absolute Gasteiger partial charge is 0.223 e. The highest BCUT2D eigenvalue weighted by Gasteiger charge is 2.20. The maximum absolute atomic E-state index is 11.8. The van der Waals surface area contributed by atoms with E-state index in [1.165, 1.54) is 19.3 Å². The first-order chi connectivity index (χ1) is 7.86. The van der Waals surface area contributed by atoms with Crippen LogP contribution in [0.15, 0.2) is 0 Å². The number of nitrogens with zero attached hydrogens (tertiary/aromatic N) is 2. The monoisotopic (exact) mass is 226 g/mol. The van der Waals surface area contributed by atoms with Gasteiger partial charge in [-0.25, -0.2) is 0 Å². The molecule has 1 amide bonds. The minimum Gasteiger partial charge on any atom is -0.328 e. The highest BCUT2D eigenvalue weighted by atomic mass is 16.7. The summed E-state index contributed by atoms with van der Waals surface area (Å²) in [5, 5.41) is 1.97. The van der Waals surface area contributed by atoms with Crippen LogP contribution in [0, 0.1) is 0 Å². The van der Waals surface area contributed by atoms with Crippen molar-refractivity contribution in [1.29, 1.82) is 0 Å². The number of amides is 1. The molecule has 2 aliphatic rings. The van der Waals surface area contributed by atoms with Gasteiger partial charge in [0.15, 0.2) is 0 Å². The van der Waals surface area contributed by atoms with Crippen molar-refractivity contribution in [3.63, 3.8) is 0 Å². The zero-order chi connectivity index (χ0) is 11.2. The maximum Gasteiger partial charge on any atom is 0.223 e. The second kappa shape index (κ2) is 6.21. The molecule has 2 rings (SSSR count). The Morgan fingerprint density at radius 3 is 2.75 bits per heavy atom. The lowest BCUT2D eigenvalue weighted by Gasteiger charge is -2.27. The van der Waals surface area contributed by atoms with Crippen molar-refractivity contribution in [3.8, 4) is 0 Å². The number of hydrogen-bond acceptors (Lipinski definition) is 3. The van der Waals surface area contributed by atoms with Gasteiger partial charge in [-0.15, -0.1) is 0 Å². The Balaban J connectivity index is 1.83. The number of hydrogen-bond donors (Lipinski definition) is 0. The quantitative estimate of drug-likeness (QED) is 0.719. The van der Waals surface area contributed by atoms with Crippen molar-refractivity contribution in [2.75, 3.05) is 26.4 Å². The van der Waals surface area contributed by atoms with E-state index in [1.54, 1.807) is 0 Å². The van der Waals surface area contributed by atoms with E-state index in [4.69, 9.17) is 4.84 Å². The van der Waals surface area contributed by atoms with Gasteiger partial charge in [-0.1, -0.05) is 6.42 Å². The molecule has 4 nitrogen and oxygen atoms in total. The van der Waals surface area contributed by atoms with Gasteiger partial charge in [-0.05, 0) is 32.1 Å². The van der Waals surface area contributed by atoms with E-state index >= 15 is 0 Å². The molecule has 0 radical (unpaired) electrons. The van der Waals surface area contributed by atoms with E-state index in [9.17, 15) is 4.79 Å². The van der Waals surface area contributed by atoms with Crippen molar-refractivity contribution in [2.45, 2.75) is 44.9 Å². The van der Waals surface area contributed by atoms with Crippen LogP contribution >= 0.6 is 0 Å². The molecule has 0 unspecified atom stereocenters. The number of likely N-dealkylation sites (tertiary alicyclic amines) is 1. The van der Waals surface area contributed by atoms with Crippen LogP contribution in [0.4, 0.5) is 0 Å². The molecule has 0 spiro atoms. The summed E-state index contributed by atoms with van der Waals surface area (Å²) in [6.07, 6.45) is 7.66. The fourth-order valence-corrected chi connectivity index (χ4v) is 2.32. The van der Waals surface area contributed by atoms with E-state index in [0.717, 1.165) is 39.0 Å². The zero-order valence-electron chi connectivity index (χ0n) is 9.99. The predicted molar refractivity (Wildman–Crippen MR) is 61.6 cm³/mol. The third-order valence-electron chi connectivity index (χ3n) is 3.33. The van der Waals surface area contributed by atoms with Gasteiger partial charge in [0.2, 0.25) is 5.91 Å². The lowest BCUT2D eigenvalue weighted by atomic mass is 10.2. The summed E-state index contributed by atoms with van der Waals surface area (Å²) < 4.78 is 0. The van der Waals surface area contributed by atoms with E-state index in [-0.39, 0.29) is 0 Å². The molecular weight excluding hydrogens is 204 g/mol.